The number of para-hydroxylation sites is 1. The summed E-state index contributed by atoms with van der Waals surface area (Å²) in [5.41, 5.74) is 0.596. The van der Waals surface area contributed by atoms with E-state index in [-0.39, 0.29) is 11.5 Å². The fraction of sp³-hybridized carbons (Fsp3) is 0.600. The van der Waals surface area contributed by atoms with Crippen molar-refractivity contribution in [3.63, 3.8) is 0 Å². The van der Waals surface area contributed by atoms with Gasteiger partial charge >= 0.3 is 6.29 Å². The van der Waals surface area contributed by atoms with Gasteiger partial charge in [-0.2, -0.15) is 17.0 Å². The Balaban J connectivity index is 1.69. The molecule has 2 heterocycles. The lowest BCUT2D eigenvalue weighted by Gasteiger charge is -2.24. The first kappa shape index (κ1) is 18.3. The molecular formula is C15H21F2N3O4S. The fourth-order valence-corrected chi connectivity index (χ4v) is 4.09. The van der Waals surface area contributed by atoms with Crippen LogP contribution in [0.1, 0.15) is 12.0 Å². The molecule has 0 N–H and O–H groups in total. The number of alkyl halides is 2. The zero-order chi connectivity index (χ0) is 18.2. The Hall–Kier alpha value is -1.49. The highest BCUT2D eigenvalue weighted by Gasteiger charge is 2.44. The Labute approximate surface area is 145 Å². The summed E-state index contributed by atoms with van der Waals surface area (Å²) in [7, 11) is -0.443. The highest BCUT2D eigenvalue weighted by atomic mass is 32.2. The molecule has 3 rings (SSSR count). The van der Waals surface area contributed by atoms with Crippen molar-refractivity contribution >= 4 is 10.2 Å². The van der Waals surface area contributed by atoms with E-state index in [0.717, 1.165) is 0 Å². The van der Waals surface area contributed by atoms with Crippen molar-refractivity contribution in [2.75, 3.05) is 40.3 Å². The molecule has 1 aromatic rings. The number of ether oxygens (including phenoxy) is 2. The van der Waals surface area contributed by atoms with Gasteiger partial charge in [-0.25, -0.2) is 0 Å². The molecule has 1 aromatic carbocycles. The largest absolute Gasteiger partial charge is 0.586 e. The Bertz CT molecular complexity index is 742. The number of nitrogens with zero attached hydrogens (tertiary/aromatic N) is 3. The smallest absolute Gasteiger partial charge is 0.395 e. The molecule has 0 radical (unpaired) electrons. The molecule has 0 aliphatic carbocycles. The van der Waals surface area contributed by atoms with Crippen LogP contribution in [-0.2, 0) is 16.8 Å². The summed E-state index contributed by atoms with van der Waals surface area (Å²) in [5, 5.41) is 0. The van der Waals surface area contributed by atoms with Crippen LogP contribution in [0.2, 0.25) is 0 Å². The first-order valence-electron chi connectivity index (χ1n) is 7.97. The van der Waals surface area contributed by atoms with E-state index >= 15 is 0 Å². The number of rotatable bonds is 4. The summed E-state index contributed by atoms with van der Waals surface area (Å²) < 4.78 is 62.8. The van der Waals surface area contributed by atoms with Gasteiger partial charge in [0.05, 0.1) is 0 Å². The Morgan fingerprint density at radius 3 is 2.64 bits per heavy atom. The minimum Gasteiger partial charge on any atom is -0.395 e. The lowest BCUT2D eigenvalue weighted by Crippen LogP contribution is -2.42. The van der Waals surface area contributed by atoms with Crippen LogP contribution in [0.15, 0.2) is 18.2 Å². The molecule has 25 heavy (non-hydrogen) atoms. The van der Waals surface area contributed by atoms with Crippen molar-refractivity contribution in [2.24, 2.45) is 0 Å². The van der Waals surface area contributed by atoms with E-state index in [1.807, 2.05) is 4.90 Å². The van der Waals surface area contributed by atoms with Crippen molar-refractivity contribution in [1.29, 1.82) is 0 Å². The molecule has 0 unspecified atom stereocenters. The third-order valence-corrected chi connectivity index (χ3v) is 6.18. The average Bonchev–Trinajstić information content (AvgIpc) is 2.69. The average molecular weight is 377 g/mol. The van der Waals surface area contributed by atoms with E-state index in [1.54, 1.807) is 12.1 Å². The molecule has 0 amide bonds. The molecule has 0 spiro atoms. The molecular weight excluding hydrogens is 356 g/mol. The quantitative estimate of drug-likeness (QED) is 0.792. The molecule has 140 valence electrons. The molecule has 7 nitrogen and oxygen atoms in total. The molecule has 10 heteroatoms. The molecule has 0 saturated carbocycles. The number of fused-ring (bicyclic) bond motifs is 1. The molecule has 2 aliphatic rings. The van der Waals surface area contributed by atoms with E-state index < -0.39 is 16.5 Å². The Morgan fingerprint density at radius 1 is 1.16 bits per heavy atom. The number of halogens is 2. The number of hydrogen-bond acceptors (Lipinski definition) is 5. The maximum Gasteiger partial charge on any atom is 0.586 e. The lowest BCUT2D eigenvalue weighted by atomic mass is 10.1. The van der Waals surface area contributed by atoms with Crippen LogP contribution < -0.4 is 9.47 Å². The number of benzene rings is 1. The van der Waals surface area contributed by atoms with Gasteiger partial charge in [0.1, 0.15) is 0 Å². The van der Waals surface area contributed by atoms with E-state index in [4.69, 9.17) is 0 Å². The van der Waals surface area contributed by atoms with Gasteiger partial charge < -0.3 is 9.47 Å². The van der Waals surface area contributed by atoms with Crippen LogP contribution in [0.5, 0.6) is 11.5 Å². The zero-order valence-corrected chi connectivity index (χ0v) is 14.9. The highest BCUT2D eigenvalue weighted by molar-refractivity contribution is 7.86. The van der Waals surface area contributed by atoms with E-state index in [0.29, 0.717) is 44.7 Å². The second kappa shape index (κ2) is 6.67. The molecule has 0 bridgehead atoms. The summed E-state index contributed by atoms with van der Waals surface area (Å²) in [6.07, 6.45) is -2.98. The molecule has 2 aliphatic heterocycles. The van der Waals surface area contributed by atoms with E-state index in [2.05, 4.69) is 9.47 Å². The predicted octanol–water partition coefficient (Wildman–Crippen LogP) is 1.32. The van der Waals surface area contributed by atoms with Crippen LogP contribution in [0.25, 0.3) is 0 Å². The SMILES string of the molecule is CN(C)S(=O)(=O)N1CCCN(Cc2cccc3c2OC(F)(F)O3)CC1. The maximum atomic E-state index is 13.3. The molecule has 1 saturated heterocycles. The van der Waals surface area contributed by atoms with Gasteiger partial charge in [-0.3, -0.25) is 4.90 Å². The Kier molecular flexibility index (Phi) is 4.89. The first-order valence-corrected chi connectivity index (χ1v) is 9.36. The normalized spacial score (nSPS) is 21.5. The second-order valence-electron chi connectivity index (χ2n) is 6.23. The van der Waals surface area contributed by atoms with Gasteiger partial charge in [0.15, 0.2) is 11.5 Å². The van der Waals surface area contributed by atoms with Crippen LogP contribution in [0, 0.1) is 0 Å². The van der Waals surface area contributed by atoms with Gasteiger partial charge in [0.2, 0.25) is 0 Å². The van der Waals surface area contributed by atoms with Crippen molar-refractivity contribution in [1.82, 2.24) is 13.5 Å². The third-order valence-electron chi connectivity index (χ3n) is 4.24. The molecule has 1 fully saturated rings. The van der Waals surface area contributed by atoms with Crippen LogP contribution >= 0.6 is 0 Å². The monoisotopic (exact) mass is 377 g/mol. The standard InChI is InChI=1S/C15H21F2N3O4S/c1-18(2)25(21,22)20-8-4-7-19(9-10-20)11-12-5-3-6-13-14(12)24-15(16,17)23-13/h3,5-6H,4,7-11H2,1-2H3. The summed E-state index contributed by atoms with van der Waals surface area (Å²) in [6.45, 7) is 2.34. The van der Waals surface area contributed by atoms with Gasteiger partial charge in [-0.1, -0.05) is 12.1 Å². The zero-order valence-electron chi connectivity index (χ0n) is 14.1. The molecule has 0 aromatic heterocycles. The van der Waals surface area contributed by atoms with Gasteiger partial charge in [0.25, 0.3) is 10.2 Å². The summed E-state index contributed by atoms with van der Waals surface area (Å²) in [6, 6.07) is 4.79. The molecule has 0 atom stereocenters. The lowest BCUT2D eigenvalue weighted by molar-refractivity contribution is -0.287. The first-order chi connectivity index (χ1) is 11.7. The summed E-state index contributed by atoms with van der Waals surface area (Å²) in [4.78, 5) is 2.03. The second-order valence-corrected chi connectivity index (χ2v) is 8.37. The van der Waals surface area contributed by atoms with E-state index in [1.165, 1.54) is 28.8 Å². The van der Waals surface area contributed by atoms with Crippen LogP contribution in [0.3, 0.4) is 0 Å². The topological polar surface area (TPSA) is 62.3 Å². The minimum absolute atomic E-state index is 0.0223. The van der Waals surface area contributed by atoms with Crippen LogP contribution in [0.4, 0.5) is 8.78 Å². The van der Waals surface area contributed by atoms with Crippen molar-refractivity contribution in [3.05, 3.63) is 23.8 Å². The summed E-state index contributed by atoms with van der Waals surface area (Å²) in [5.74, 6) is 0.0728. The van der Waals surface area contributed by atoms with Gasteiger partial charge in [-0.05, 0) is 19.0 Å². The number of hydrogen-bond donors (Lipinski definition) is 0. The highest BCUT2D eigenvalue weighted by Crippen LogP contribution is 2.43. The summed E-state index contributed by atoms with van der Waals surface area (Å²) >= 11 is 0. The fourth-order valence-electron chi connectivity index (χ4n) is 2.96. The minimum atomic E-state index is -3.65. The predicted molar refractivity (Wildman–Crippen MR) is 86.7 cm³/mol. The third kappa shape index (κ3) is 3.86. The van der Waals surface area contributed by atoms with Gasteiger partial charge in [0, 0.05) is 45.8 Å². The Morgan fingerprint density at radius 2 is 1.92 bits per heavy atom. The van der Waals surface area contributed by atoms with Gasteiger partial charge in [-0.15, -0.1) is 8.78 Å². The van der Waals surface area contributed by atoms with Crippen LogP contribution in [-0.4, -0.2) is 68.5 Å². The maximum absolute atomic E-state index is 13.3. The van der Waals surface area contributed by atoms with Crippen molar-refractivity contribution < 1.29 is 26.7 Å². The van der Waals surface area contributed by atoms with E-state index in [9.17, 15) is 17.2 Å². The van der Waals surface area contributed by atoms with Crippen molar-refractivity contribution in [2.45, 2.75) is 19.3 Å². The van der Waals surface area contributed by atoms with Crippen molar-refractivity contribution in [3.8, 4) is 11.5 Å².